The van der Waals surface area contributed by atoms with E-state index in [9.17, 15) is 14.7 Å². The number of benzene rings is 2. The minimum absolute atomic E-state index is 0.129. The van der Waals surface area contributed by atoms with E-state index in [4.69, 9.17) is 0 Å². The van der Waals surface area contributed by atoms with Gasteiger partial charge in [-0.05, 0) is 37.3 Å². The first-order valence-electron chi connectivity index (χ1n) is 6.54. The molecule has 5 nitrogen and oxygen atoms in total. The van der Waals surface area contributed by atoms with Crippen LogP contribution >= 0.6 is 11.3 Å². The smallest absolute Gasteiger partial charge is 0.255 e. The number of ketones is 1. The third kappa shape index (κ3) is 2.56. The number of nitrogens with one attached hydrogen (secondary N) is 1. The summed E-state index contributed by atoms with van der Waals surface area (Å²) >= 11 is 1.44. The Hall–Kier alpha value is -2.73. The Morgan fingerprint density at radius 2 is 2.05 bits per heavy atom. The van der Waals surface area contributed by atoms with E-state index in [1.54, 1.807) is 35.8 Å². The topological polar surface area (TPSA) is 79.3 Å². The maximum atomic E-state index is 12.4. The predicted molar refractivity (Wildman–Crippen MR) is 85.7 cm³/mol. The van der Waals surface area contributed by atoms with Crippen LogP contribution in [-0.2, 0) is 0 Å². The normalized spacial score (nSPS) is 10.6. The number of amides is 1. The first kappa shape index (κ1) is 14.2. The van der Waals surface area contributed by atoms with Gasteiger partial charge < -0.3 is 10.4 Å². The molecule has 0 radical (unpaired) electrons. The highest BCUT2D eigenvalue weighted by Gasteiger charge is 2.15. The average Bonchev–Trinajstić information content (AvgIpc) is 2.96. The van der Waals surface area contributed by atoms with Crippen LogP contribution in [0.3, 0.4) is 0 Å². The Balaban J connectivity index is 1.96. The molecule has 0 saturated heterocycles. The lowest BCUT2D eigenvalue weighted by Crippen LogP contribution is -2.14. The van der Waals surface area contributed by atoms with Crippen molar-refractivity contribution in [3.8, 4) is 5.75 Å². The van der Waals surface area contributed by atoms with Gasteiger partial charge in [0.1, 0.15) is 5.75 Å². The molecule has 0 aliphatic heterocycles. The molecule has 2 aromatic carbocycles. The van der Waals surface area contributed by atoms with Gasteiger partial charge in [0, 0.05) is 11.1 Å². The number of phenols is 1. The molecule has 0 saturated carbocycles. The number of nitrogens with zero attached hydrogens (tertiary/aromatic N) is 1. The van der Waals surface area contributed by atoms with Gasteiger partial charge >= 0.3 is 0 Å². The van der Waals surface area contributed by atoms with Crippen LogP contribution in [0, 0.1) is 0 Å². The van der Waals surface area contributed by atoms with E-state index in [0.717, 1.165) is 10.2 Å². The molecule has 0 fully saturated rings. The van der Waals surface area contributed by atoms with Crippen molar-refractivity contribution in [2.24, 2.45) is 0 Å². The van der Waals surface area contributed by atoms with Crippen molar-refractivity contribution in [3.05, 3.63) is 53.0 Å². The van der Waals surface area contributed by atoms with Gasteiger partial charge in [0.15, 0.2) is 5.78 Å². The summed E-state index contributed by atoms with van der Waals surface area (Å²) in [6, 6.07) is 9.70. The number of carbonyl (C=O) groups is 2. The molecule has 0 unspecified atom stereocenters. The minimum atomic E-state index is -0.390. The summed E-state index contributed by atoms with van der Waals surface area (Å²) < 4.78 is 0.900. The molecule has 1 heterocycles. The van der Waals surface area contributed by atoms with E-state index in [1.165, 1.54) is 24.3 Å². The SMILES string of the molecule is CC(=O)c1cccc(O)c1NC(=O)c1ccc2ncsc2c1. The van der Waals surface area contributed by atoms with Crippen LogP contribution in [0.1, 0.15) is 27.6 Å². The van der Waals surface area contributed by atoms with Crippen molar-refractivity contribution < 1.29 is 14.7 Å². The third-order valence-corrected chi connectivity index (χ3v) is 4.05. The Kier molecular flexibility index (Phi) is 3.60. The van der Waals surface area contributed by atoms with Crippen LogP contribution in [0.25, 0.3) is 10.2 Å². The molecule has 6 heteroatoms. The van der Waals surface area contributed by atoms with Crippen molar-refractivity contribution in [1.29, 1.82) is 0 Å². The zero-order chi connectivity index (χ0) is 15.7. The Morgan fingerprint density at radius 1 is 1.23 bits per heavy atom. The summed E-state index contributed by atoms with van der Waals surface area (Å²) in [6.07, 6.45) is 0. The standard InChI is InChI=1S/C16H12N2O3S/c1-9(19)11-3-2-4-13(20)15(11)18-16(21)10-5-6-12-14(7-10)22-8-17-12/h2-8,20H,1H3,(H,18,21). The number of fused-ring (bicyclic) bond motifs is 1. The van der Waals surface area contributed by atoms with Crippen LogP contribution in [0.5, 0.6) is 5.75 Å². The number of hydrogen-bond donors (Lipinski definition) is 2. The fourth-order valence-electron chi connectivity index (χ4n) is 2.15. The molecule has 0 atom stereocenters. The zero-order valence-corrected chi connectivity index (χ0v) is 12.5. The largest absolute Gasteiger partial charge is 0.506 e. The second-order valence-electron chi connectivity index (χ2n) is 4.74. The van der Waals surface area contributed by atoms with Gasteiger partial charge in [-0.3, -0.25) is 9.59 Å². The maximum absolute atomic E-state index is 12.4. The summed E-state index contributed by atoms with van der Waals surface area (Å²) in [7, 11) is 0. The lowest BCUT2D eigenvalue weighted by atomic mass is 10.1. The lowest BCUT2D eigenvalue weighted by molar-refractivity contribution is 0.101. The van der Waals surface area contributed by atoms with Crippen LogP contribution < -0.4 is 5.32 Å². The Morgan fingerprint density at radius 3 is 2.82 bits per heavy atom. The monoisotopic (exact) mass is 312 g/mol. The number of para-hydroxylation sites is 1. The van der Waals surface area contributed by atoms with Gasteiger partial charge in [0.05, 0.1) is 21.4 Å². The number of rotatable bonds is 3. The van der Waals surface area contributed by atoms with E-state index in [1.807, 2.05) is 0 Å². The summed E-state index contributed by atoms with van der Waals surface area (Å²) in [5.74, 6) is -0.761. The van der Waals surface area contributed by atoms with Gasteiger partial charge in [0.2, 0.25) is 0 Å². The fourth-order valence-corrected chi connectivity index (χ4v) is 2.86. The highest BCUT2D eigenvalue weighted by molar-refractivity contribution is 7.16. The van der Waals surface area contributed by atoms with Crippen molar-refractivity contribution in [1.82, 2.24) is 4.98 Å². The van der Waals surface area contributed by atoms with Crippen LogP contribution in [0.2, 0.25) is 0 Å². The molecular weight excluding hydrogens is 300 g/mol. The lowest BCUT2D eigenvalue weighted by Gasteiger charge is -2.11. The van der Waals surface area contributed by atoms with Gasteiger partial charge in [-0.25, -0.2) is 4.98 Å². The Bertz CT molecular complexity index is 886. The van der Waals surface area contributed by atoms with Gasteiger partial charge in [-0.15, -0.1) is 11.3 Å². The van der Waals surface area contributed by atoms with Crippen LogP contribution in [0.4, 0.5) is 5.69 Å². The summed E-state index contributed by atoms with van der Waals surface area (Å²) in [5.41, 5.74) is 3.38. The fraction of sp³-hybridized carbons (Fsp3) is 0.0625. The first-order chi connectivity index (χ1) is 10.6. The number of thiazole rings is 1. The molecule has 0 bridgehead atoms. The van der Waals surface area contributed by atoms with E-state index >= 15 is 0 Å². The molecule has 22 heavy (non-hydrogen) atoms. The molecule has 2 N–H and O–H groups in total. The predicted octanol–water partition coefficient (Wildman–Crippen LogP) is 3.46. The number of carbonyl (C=O) groups excluding carboxylic acids is 2. The highest BCUT2D eigenvalue weighted by Crippen LogP contribution is 2.28. The first-order valence-corrected chi connectivity index (χ1v) is 7.42. The summed E-state index contributed by atoms with van der Waals surface area (Å²) in [5, 5.41) is 12.5. The molecule has 3 aromatic rings. The summed E-state index contributed by atoms with van der Waals surface area (Å²) in [6.45, 7) is 1.38. The number of anilines is 1. The van der Waals surface area contributed by atoms with Gasteiger partial charge in [-0.2, -0.15) is 0 Å². The molecule has 1 amide bonds. The maximum Gasteiger partial charge on any atom is 0.255 e. The second kappa shape index (κ2) is 5.57. The molecule has 1 aromatic heterocycles. The van der Waals surface area contributed by atoms with Crippen molar-refractivity contribution in [2.75, 3.05) is 5.32 Å². The van der Waals surface area contributed by atoms with E-state index in [-0.39, 0.29) is 28.7 Å². The molecule has 110 valence electrons. The molecular formula is C16H12N2O3S. The quantitative estimate of drug-likeness (QED) is 0.573. The summed E-state index contributed by atoms with van der Waals surface area (Å²) in [4.78, 5) is 28.1. The van der Waals surface area contributed by atoms with Gasteiger partial charge in [0.25, 0.3) is 5.91 Å². The van der Waals surface area contributed by atoms with E-state index in [2.05, 4.69) is 10.3 Å². The van der Waals surface area contributed by atoms with Crippen LogP contribution in [-0.4, -0.2) is 21.8 Å². The number of phenolic OH excluding ortho intramolecular Hbond substituents is 1. The second-order valence-corrected chi connectivity index (χ2v) is 5.63. The van der Waals surface area contributed by atoms with Crippen LogP contribution in [0.15, 0.2) is 41.9 Å². The average molecular weight is 312 g/mol. The molecule has 0 spiro atoms. The third-order valence-electron chi connectivity index (χ3n) is 3.25. The highest BCUT2D eigenvalue weighted by atomic mass is 32.1. The number of aromatic hydroxyl groups is 1. The van der Waals surface area contributed by atoms with Crippen molar-refractivity contribution in [2.45, 2.75) is 6.92 Å². The number of hydrogen-bond acceptors (Lipinski definition) is 5. The molecule has 0 aliphatic carbocycles. The number of Topliss-reactive ketones (excluding diaryl/α,β-unsaturated/α-hetero) is 1. The van der Waals surface area contributed by atoms with E-state index < -0.39 is 0 Å². The zero-order valence-electron chi connectivity index (χ0n) is 11.7. The molecule has 0 aliphatic rings. The Labute approximate surface area is 130 Å². The molecule has 3 rings (SSSR count). The van der Waals surface area contributed by atoms with Gasteiger partial charge in [-0.1, -0.05) is 6.07 Å². The van der Waals surface area contributed by atoms with E-state index in [0.29, 0.717) is 5.56 Å². The minimum Gasteiger partial charge on any atom is -0.506 e. The van der Waals surface area contributed by atoms with Crippen molar-refractivity contribution >= 4 is 38.9 Å². The van der Waals surface area contributed by atoms with Crippen molar-refractivity contribution in [3.63, 3.8) is 0 Å². The number of aromatic nitrogens is 1.